The zero-order chi connectivity index (χ0) is 20.9. The lowest BCUT2D eigenvalue weighted by Gasteiger charge is -2.42. The molecule has 2 aromatic carbocycles. The molecule has 29 heavy (non-hydrogen) atoms. The number of rotatable bonds is 2. The highest BCUT2D eigenvalue weighted by Crippen LogP contribution is 2.36. The summed E-state index contributed by atoms with van der Waals surface area (Å²) < 4.78 is 1.18. The quantitative estimate of drug-likeness (QED) is 0.674. The fourth-order valence-electron chi connectivity index (χ4n) is 3.42. The van der Waals surface area contributed by atoms with Gasteiger partial charge in [-0.25, -0.2) is 4.98 Å². The van der Waals surface area contributed by atoms with E-state index in [0.717, 1.165) is 0 Å². The van der Waals surface area contributed by atoms with Crippen LogP contribution in [0.4, 0.5) is 11.4 Å². The van der Waals surface area contributed by atoms with Crippen molar-refractivity contribution in [3.63, 3.8) is 0 Å². The molecule has 0 radical (unpaired) electrons. The Balaban J connectivity index is 1.77. The summed E-state index contributed by atoms with van der Waals surface area (Å²) in [7, 11) is 0. The number of anilines is 2. The van der Waals surface area contributed by atoms with Gasteiger partial charge in [0.15, 0.2) is 0 Å². The van der Waals surface area contributed by atoms with Gasteiger partial charge >= 0.3 is 0 Å². The summed E-state index contributed by atoms with van der Waals surface area (Å²) >= 11 is 12.1. The maximum atomic E-state index is 13.2. The van der Waals surface area contributed by atoms with Crippen LogP contribution in [-0.4, -0.2) is 26.9 Å². The molecule has 1 N–H and O–H groups in total. The third-order valence-electron chi connectivity index (χ3n) is 4.91. The van der Waals surface area contributed by atoms with E-state index < -0.39 is 17.0 Å². The third-order valence-corrected chi connectivity index (χ3v) is 5.41. The molecule has 0 unspecified atom stereocenters. The van der Waals surface area contributed by atoms with E-state index in [-0.39, 0.29) is 22.9 Å². The highest BCUT2D eigenvalue weighted by Gasteiger charge is 2.43. The first-order valence-corrected chi connectivity index (χ1v) is 9.53. The average molecular weight is 431 g/mol. The lowest BCUT2D eigenvalue weighted by molar-refractivity contribution is -0.126. The number of benzene rings is 2. The number of carbonyl (C=O) groups excluding carboxylic acids is 2. The fraction of sp³-hybridized carbons (Fsp3) is 0.200. The largest absolute Gasteiger partial charge is 0.322 e. The molecule has 0 saturated carbocycles. The Morgan fingerprint density at radius 3 is 2.66 bits per heavy atom. The highest BCUT2D eigenvalue weighted by atomic mass is 35.5. The van der Waals surface area contributed by atoms with Crippen LogP contribution in [0.1, 0.15) is 13.8 Å². The molecule has 0 saturated heterocycles. The number of amides is 2. The van der Waals surface area contributed by atoms with Crippen molar-refractivity contribution in [3.8, 4) is 0 Å². The summed E-state index contributed by atoms with van der Waals surface area (Å²) in [5.74, 6) is -0.735. The molecule has 9 heteroatoms. The van der Waals surface area contributed by atoms with Crippen LogP contribution >= 0.6 is 23.2 Å². The first-order valence-electron chi connectivity index (χ1n) is 8.78. The monoisotopic (exact) mass is 430 g/mol. The molecule has 0 atom stereocenters. The van der Waals surface area contributed by atoms with E-state index >= 15 is 0 Å². The van der Waals surface area contributed by atoms with Crippen molar-refractivity contribution >= 4 is 57.3 Å². The Labute approximate surface area is 175 Å². The minimum atomic E-state index is -1.13. The molecular formula is C20H16Cl2N4O3. The van der Waals surface area contributed by atoms with Crippen LogP contribution in [-0.2, 0) is 16.1 Å². The normalized spacial score (nSPS) is 15.2. The summed E-state index contributed by atoms with van der Waals surface area (Å²) in [4.78, 5) is 44.2. The Morgan fingerprint density at radius 2 is 1.90 bits per heavy atom. The van der Waals surface area contributed by atoms with Gasteiger partial charge in [-0.2, -0.15) is 0 Å². The molecule has 1 aliphatic rings. The third kappa shape index (κ3) is 3.16. The molecular weight excluding hydrogens is 415 g/mol. The fourth-order valence-corrected chi connectivity index (χ4v) is 3.96. The van der Waals surface area contributed by atoms with Crippen molar-refractivity contribution in [1.82, 2.24) is 9.55 Å². The van der Waals surface area contributed by atoms with Crippen molar-refractivity contribution < 1.29 is 9.59 Å². The molecule has 2 amide bonds. The smallest absolute Gasteiger partial charge is 0.261 e. The van der Waals surface area contributed by atoms with E-state index in [1.165, 1.54) is 27.9 Å². The van der Waals surface area contributed by atoms with Gasteiger partial charge < -0.3 is 5.32 Å². The van der Waals surface area contributed by atoms with E-state index in [1.807, 2.05) is 0 Å². The van der Waals surface area contributed by atoms with Crippen molar-refractivity contribution in [2.75, 3.05) is 10.2 Å². The van der Waals surface area contributed by atoms with Crippen molar-refractivity contribution in [3.05, 3.63) is 63.1 Å². The average Bonchev–Trinajstić information content (AvgIpc) is 2.65. The molecule has 2 heterocycles. The molecule has 0 spiro atoms. The minimum absolute atomic E-state index is 0.217. The van der Waals surface area contributed by atoms with E-state index in [2.05, 4.69) is 10.3 Å². The summed E-state index contributed by atoms with van der Waals surface area (Å²) in [5.41, 5.74) is -0.165. The molecule has 7 nitrogen and oxygen atoms in total. The lowest BCUT2D eigenvalue weighted by Crippen LogP contribution is -2.59. The molecule has 1 aromatic heterocycles. The Kier molecular flexibility index (Phi) is 4.59. The summed E-state index contributed by atoms with van der Waals surface area (Å²) in [6.45, 7) is 3.01. The zero-order valence-electron chi connectivity index (χ0n) is 15.6. The second-order valence-corrected chi connectivity index (χ2v) is 8.06. The number of halogens is 2. The van der Waals surface area contributed by atoms with Crippen LogP contribution in [0, 0.1) is 0 Å². The van der Waals surface area contributed by atoms with E-state index in [4.69, 9.17) is 23.2 Å². The Hall–Kier alpha value is -2.90. The number of fused-ring (bicyclic) bond motifs is 2. The lowest BCUT2D eigenvalue weighted by atomic mass is 9.96. The number of nitrogens with zero attached hydrogens (tertiary/aromatic N) is 3. The molecule has 0 fully saturated rings. The number of hydrogen-bond donors (Lipinski definition) is 1. The molecule has 148 valence electrons. The maximum absolute atomic E-state index is 13.2. The predicted molar refractivity (Wildman–Crippen MR) is 113 cm³/mol. The standard InChI is InChI=1S/C20H16Cl2N4O3/c1-20(2)19(29)24-14-5-3-4-6-15(14)26(20)16(27)9-25-10-23-17-12(18(25)28)7-11(21)8-13(17)22/h3-8,10H,9H2,1-2H3,(H,24,29). The van der Waals surface area contributed by atoms with Gasteiger partial charge in [-0.3, -0.25) is 23.9 Å². The first kappa shape index (κ1) is 19.4. The number of carbonyl (C=O) groups is 2. The van der Waals surface area contributed by atoms with Gasteiger partial charge in [0.25, 0.3) is 5.56 Å². The van der Waals surface area contributed by atoms with Crippen molar-refractivity contribution in [2.24, 2.45) is 0 Å². The number of para-hydroxylation sites is 2. The van der Waals surface area contributed by atoms with Crippen LogP contribution < -0.4 is 15.8 Å². The van der Waals surface area contributed by atoms with Gasteiger partial charge in [0.1, 0.15) is 12.1 Å². The van der Waals surface area contributed by atoms with Crippen molar-refractivity contribution in [2.45, 2.75) is 25.9 Å². The second-order valence-electron chi connectivity index (χ2n) is 7.22. The number of aromatic nitrogens is 2. The van der Waals surface area contributed by atoms with Gasteiger partial charge in [0.2, 0.25) is 11.8 Å². The zero-order valence-corrected chi connectivity index (χ0v) is 17.1. The number of hydrogen-bond acceptors (Lipinski definition) is 4. The number of nitrogens with one attached hydrogen (secondary N) is 1. The predicted octanol–water partition coefficient (Wildman–Crippen LogP) is 3.47. The highest BCUT2D eigenvalue weighted by molar-refractivity contribution is 6.38. The Bertz CT molecular complexity index is 1240. The molecule has 4 rings (SSSR count). The topological polar surface area (TPSA) is 84.3 Å². The molecule has 1 aliphatic heterocycles. The van der Waals surface area contributed by atoms with Gasteiger partial charge in [0.05, 0.1) is 33.6 Å². The first-order chi connectivity index (χ1) is 13.7. The summed E-state index contributed by atoms with van der Waals surface area (Å²) in [5, 5.41) is 3.58. The Morgan fingerprint density at radius 1 is 1.17 bits per heavy atom. The van der Waals surface area contributed by atoms with Crippen LogP contribution in [0.3, 0.4) is 0 Å². The summed E-state index contributed by atoms with van der Waals surface area (Å²) in [6.07, 6.45) is 1.27. The molecule has 0 bridgehead atoms. The van der Waals surface area contributed by atoms with Crippen LogP contribution in [0.25, 0.3) is 10.9 Å². The van der Waals surface area contributed by atoms with Gasteiger partial charge in [-0.15, -0.1) is 0 Å². The van der Waals surface area contributed by atoms with E-state index in [9.17, 15) is 14.4 Å². The molecule has 3 aromatic rings. The van der Waals surface area contributed by atoms with Gasteiger partial charge in [0, 0.05) is 5.02 Å². The van der Waals surface area contributed by atoms with Crippen LogP contribution in [0.2, 0.25) is 10.0 Å². The molecule has 0 aliphatic carbocycles. The summed E-state index contributed by atoms with van der Waals surface area (Å²) in [6, 6.07) is 9.98. The van der Waals surface area contributed by atoms with E-state index in [0.29, 0.717) is 21.9 Å². The minimum Gasteiger partial charge on any atom is -0.322 e. The second kappa shape index (κ2) is 6.86. The maximum Gasteiger partial charge on any atom is 0.261 e. The van der Waals surface area contributed by atoms with Crippen LogP contribution in [0.15, 0.2) is 47.5 Å². The van der Waals surface area contributed by atoms with Crippen molar-refractivity contribution in [1.29, 1.82) is 0 Å². The SMILES string of the molecule is CC1(C)C(=O)Nc2ccccc2N1C(=O)Cn1cnc2c(Cl)cc(Cl)cc2c1=O. The van der Waals surface area contributed by atoms with E-state index in [1.54, 1.807) is 38.1 Å². The van der Waals surface area contributed by atoms with Gasteiger partial charge in [-0.05, 0) is 38.1 Å². The van der Waals surface area contributed by atoms with Crippen LogP contribution in [0.5, 0.6) is 0 Å². The van der Waals surface area contributed by atoms with Gasteiger partial charge in [-0.1, -0.05) is 35.3 Å².